The molecule has 5 rings (SSSR count). The number of nitriles is 1. The van der Waals surface area contributed by atoms with E-state index in [1.165, 1.54) is 16.3 Å². The molecule has 2 aromatic carbocycles. The minimum Gasteiger partial charge on any atom is -0.489 e. The lowest BCUT2D eigenvalue weighted by molar-refractivity contribution is -0.116. The van der Waals surface area contributed by atoms with Crippen LogP contribution in [0.3, 0.4) is 0 Å². The molecule has 0 spiro atoms. The van der Waals surface area contributed by atoms with Crippen LogP contribution >= 0.6 is 11.3 Å². The van der Waals surface area contributed by atoms with Gasteiger partial charge in [0, 0.05) is 17.7 Å². The first kappa shape index (κ1) is 23.4. The fraction of sp³-hybridized carbons (Fsp3) is 0.179. The van der Waals surface area contributed by atoms with E-state index < -0.39 is 5.92 Å². The first-order valence-electron chi connectivity index (χ1n) is 11.6. The number of hydrazine groups is 1. The molecule has 0 saturated heterocycles. The summed E-state index contributed by atoms with van der Waals surface area (Å²) in [5.41, 5.74) is 12.4. The molecule has 1 aromatic heterocycles. The summed E-state index contributed by atoms with van der Waals surface area (Å²) in [4.78, 5) is 26.6. The number of rotatable bonds is 6. The van der Waals surface area contributed by atoms with Crippen molar-refractivity contribution in [1.82, 2.24) is 10.4 Å². The zero-order valence-corrected chi connectivity index (χ0v) is 20.3. The van der Waals surface area contributed by atoms with Crippen molar-refractivity contribution >= 4 is 23.0 Å². The smallest absolute Gasteiger partial charge is 0.280 e. The van der Waals surface area contributed by atoms with Crippen molar-refractivity contribution in [3.63, 3.8) is 0 Å². The Bertz CT molecular complexity index is 1400. The van der Waals surface area contributed by atoms with E-state index in [0.717, 1.165) is 11.1 Å². The molecule has 1 aliphatic heterocycles. The van der Waals surface area contributed by atoms with Crippen molar-refractivity contribution in [2.24, 2.45) is 5.73 Å². The van der Waals surface area contributed by atoms with Gasteiger partial charge in [0.25, 0.3) is 5.91 Å². The van der Waals surface area contributed by atoms with Gasteiger partial charge in [-0.1, -0.05) is 48.5 Å². The summed E-state index contributed by atoms with van der Waals surface area (Å²) in [6.07, 6.45) is 1.59. The number of nitrogens with two attached hydrogens (primary N) is 1. The molecule has 0 saturated carbocycles. The molecule has 2 aliphatic rings. The van der Waals surface area contributed by atoms with Crippen LogP contribution in [0.4, 0.5) is 0 Å². The second kappa shape index (κ2) is 10.1. The number of hydrogen-bond acceptors (Lipinski definition) is 7. The van der Waals surface area contributed by atoms with Crippen molar-refractivity contribution in [2.45, 2.75) is 31.8 Å². The van der Waals surface area contributed by atoms with Crippen molar-refractivity contribution in [2.75, 3.05) is 0 Å². The molecular formula is C28H24N4O3S. The second-order valence-electron chi connectivity index (χ2n) is 8.58. The summed E-state index contributed by atoms with van der Waals surface area (Å²) in [5, 5.41) is 13.4. The minimum absolute atomic E-state index is 0.0486. The summed E-state index contributed by atoms with van der Waals surface area (Å²) in [5.74, 6) is -0.271. The summed E-state index contributed by atoms with van der Waals surface area (Å²) in [6.45, 7) is 0.396. The van der Waals surface area contributed by atoms with Gasteiger partial charge in [-0.3, -0.25) is 15.0 Å². The van der Waals surface area contributed by atoms with Crippen LogP contribution in [-0.2, 0) is 11.4 Å². The van der Waals surface area contributed by atoms with Crippen LogP contribution in [0.1, 0.15) is 46.0 Å². The Balaban J connectivity index is 1.51. The zero-order valence-electron chi connectivity index (χ0n) is 19.4. The van der Waals surface area contributed by atoms with Crippen LogP contribution in [0.5, 0.6) is 5.75 Å². The molecule has 8 heteroatoms. The van der Waals surface area contributed by atoms with E-state index in [4.69, 9.17) is 10.5 Å². The van der Waals surface area contributed by atoms with Crippen LogP contribution in [0.15, 0.2) is 94.8 Å². The van der Waals surface area contributed by atoms with Crippen molar-refractivity contribution < 1.29 is 14.3 Å². The Labute approximate surface area is 213 Å². The molecule has 0 bridgehead atoms. The third-order valence-corrected chi connectivity index (χ3v) is 7.18. The minimum atomic E-state index is -0.632. The van der Waals surface area contributed by atoms with Crippen LogP contribution < -0.4 is 15.9 Å². The maximum absolute atomic E-state index is 13.2. The first-order valence-corrected chi connectivity index (χ1v) is 12.5. The second-order valence-corrected chi connectivity index (χ2v) is 9.53. The predicted molar refractivity (Wildman–Crippen MR) is 136 cm³/mol. The fourth-order valence-electron chi connectivity index (χ4n) is 4.64. The third kappa shape index (κ3) is 4.49. The van der Waals surface area contributed by atoms with Gasteiger partial charge < -0.3 is 10.5 Å². The molecule has 3 aromatic rings. The summed E-state index contributed by atoms with van der Waals surface area (Å²) < 4.78 is 6.00. The highest BCUT2D eigenvalue weighted by molar-refractivity contribution is 7.12. The molecule has 180 valence electrons. The Hall–Kier alpha value is -4.35. The van der Waals surface area contributed by atoms with E-state index in [2.05, 4.69) is 11.5 Å². The van der Waals surface area contributed by atoms with E-state index in [9.17, 15) is 14.9 Å². The molecule has 0 radical (unpaired) electrons. The highest BCUT2D eigenvalue weighted by Crippen LogP contribution is 2.44. The number of allylic oxidation sites excluding steroid dienone is 3. The number of amides is 1. The number of nitrogens with one attached hydrogen (secondary N) is 1. The zero-order chi connectivity index (χ0) is 25.1. The number of carbonyl (C=O) groups is 2. The molecule has 1 aliphatic carbocycles. The maximum atomic E-state index is 13.2. The Morgan fingerprint density at radius 1 is 1.14 bits per heavy atom. The molecule has 3 N–H and O–H groups in total. The van der Waals surface area contributed by atoms with E-state index in [1.807, 2.05) is 60.0 Å². The highest BCUT2D eigenvalue weighted by atomic mass is 32.1. The Morgan fingerprint density at radius 2 is 1.97 bits per heavy atom. The quantitative estimate of drug-likeness (QED) is 0.509. The van der Waals surface area contributed by atoms with E-state index in [0.29, 0.717) is 47.8 Å². The molecule has 7 nitrogen and oxygen atoms in total. The molecule has 1 amide bonds. The summed E-state index contributed by atoms with van der Waals surface area (Å²) in [7, 11) is 0. The van der Waals surface area contributed by atoms with Crippen LogP contribution in [0.2, 0.25) is 0 Å². The summed E-state index contributed by atoms with van der Waals surface area (Å²) >= 11 is 1.30. The lowest BCUT2D eigenvalue weighted by Crippen LogP contribution is -2.48. The molecule has 1 atom stereocenters. The van der Waals surface area contributed by atoms with Crippen LogP contribution in [-0.4, -0.2) is 16.7 Å². The normalized spacial score (nSPS) is 17.5. The van der Waals surface area contributed by atoms with Gasteiger partial charge in [0.05, 0.1) is 22.4 Å². The molecule has 1 unspecified atom stereocenters. The Morgan fingerprint density at radius 3 is 2.72 bits per heavy atom. The largest absolute Gasteiger partial charge is 0.489 e. The average molecular weight is 497 g/mol. The number of ether oxygens (including phenoxy) is 1. The van der Waals surface area contributed by atoms with Crippen molar-refractivity contribution in [1.29, 1.82) is 5.26 Å². The highest BCUT2D eigenvalue weighted by Gasteiger charge is 2.40. The van der Waals surface area contributed by atoms with Gasteiger partial charge in [0.15, 0.2) is 5.78 Å². The number of ketones is 1. The lowest BCUT2D eigenvalue weighted by Gasteiger charge is -2.39. The number of nitrogens with zero attached hydrogens (tertiary/aromatic N) is 2. The average Bonchev–Trinajstić information content (AvgIpc) is 3.45. The van der Waals surface area contributed by atoms with E-state index in [1.54, 1.807) is 12.1 Å². The van der Waals surface area contributed by atoms with Gasteiger partial charge >= 0.3 is 0 Å². The topological polar surface area (TPSA) is 108 Å². The van der Waals surface area contributed by atoms with Gasteiger partial charge in [-0.2, -0.15) is 5.26 Å². The number of Topliss-reactive ketones (excluding diaryl/α,β-unsaturated/α-hetero) is 1. The summed E-state index contributed by atoms with van der Waals surface area (Å²) in [6, 6.07) is 22.9. The lowest BCUT2D eigenvalue weighted by atomic mass is 9.76. The number of thiophene rings is 1. The first-order chi connectivity index (χ1) is 17.6. The molecule has 2 heterocycles. The van der Waals surface area contributed by atoms with Crippen LogP contribution in [0.25, 0.3) is 0 Å². The van der Waals surface area contributed by atoms with Crippen LogP contribution in [0, 0.1) is 11.3 Å². The van der Waals surface area contributed by atoms with E-state index in [-0.39, 0.29) is 23.1 Å². The fourth-order valence-corrected chi connectivity index (χ4v) is 5.25. The van der Waals surface area contributed by atoms with Gasteiger partial charge in [0.1, 0.15) is 18.2 Å². The predicted octanol–water partition coefficient (Wildman–Crippen LogP) is 4.77. The molecule has 36 heavy (non-hydrogen) atoms. The number of benzene rings is 2. The van der Waals surface area contributed by atoms with Crippen molar-refractivity contribution in [3.05, 3.63) is 111 Å². The third-order valence-electron chi connectivity index (χ3n) is 6.31. The standard InChI is InChI=1S/C28H24N4O3S/c29-16-21-25(19-9-4-10-20(15-19)35-17-18-7-2-1-3-8-18)26-22(11-5-12-23(26)33)32(27(21)30)31-28(34)24-13-6-14-36-24/h1-4,6-10,13-15,25H,5,11-12,17,30H2,(H,31,34). The monoisotopic (exact) mass is 496 g/mol. The van der Waals surface area contributed by atoms with Gasteiger partial charge in [-0.25, -0.2) is 5.01 Å². The number of hydrogen-bond donors (Lipinski definition) is 2. The molecule has 0 fully saturated rings. The van der Waals surface area contributed by atoms with E-state index >= 15 is 0 Å². The van der Waals surface area contributed by atoms with Gasteiger partial charge in [0.2, 0.25) is 0 Å². The number of carbonyl (C=O) groups excluding carboxylic acids is 2. The van der Waals surface area contributed by atoms with Crippen molar-refractivity contribution in [3.8, 4) is 11.8 Å². The van der Waals surface area contributed by atoms with Gasteiger partial charge in [-0.15, -0.1) is 11.3 Å². The Kier molecular flexibility index (Phi) is 6.56. The SMILES string of the molecule is N#CC1=C(N)N(NC(=O)c2cccs2)C2=C(C(=O)CCC2)C1c1cccc(OCc2ccccc2)c1. The molecular weight excluding hydrogens is 472 g/mol. The van der Waals surface area contributed by atoms with Gasteiger partial charge in [-0.05, 0) is 47.5 Å². The maximum Gasteiger partial charge on any atom is 0.280 e.